The standard InChI is InChI=1S/C19H21ClN6O3/c1-12(20)9-10-26-15-16(24(2)19(28)25(3)17(15)27)22-18(26)23-21-11-13-5-7-14(29-4)8-6-13/h5-9,11H,10H2,1-4H3,(H,22,23)/b12-9+,21-11-. The Hall–Kier alpha value is -3.33. The second-order valence-electron chi connectivity index (χ2n) is 6.36. The number of anilines is 1. The summed E-state index contributed by atoms with van der Waals surface area (Å²) in [6.45, 7) is 2.03. The number of hydrazone groups is 1. The van der Waals surface area contributed by atoms with Gasteiger partial charge in [0.15, 0.2) is 11.2 Å². The molecule has 2 heterocycles. The highest BCUT2D eigenvalue weighted by Crippen LogP contribution is 2.17. The van der Waals surface area contributed by atoms with Gasteiger partial charge in [-0.25, -0.2) is 10.2 Å². The minimum atomic E-state index is -0.454. The van der Waals surface area contributed by atoms with Crippen molar-refractivity contribution in [3.8, 4) is 5.75 Å². The third-order valence-corrected chi connectivity index (χ3v) is 4.55. The summed E-state index contributed by atoms with van der Waals surface area (Å²) in [4.78, 5) is 29.3. The Bertz CT molecular complexity index is 1210. The van der Waals surface area contributed by atoms with Crippen LogP contribution in [0.5, 0.6) is 5.75 Å². The van der Waals surface area contributed by atoms with Crippen LogP contribution in [0.2, 0.25) is 0 Å². The number of aryl methyl sites for hydroxylation is 1. The number of ether oxygens (including phenoxy) is 1. The number of hydrogen-bond acceptors (Lipinski definition) is 6. The molecule has 0 saturated carbocycles. The predicted octanol–water partition coefficient (Wildman–Crippen LogP) is 2.03. The Morgan fingerprint density at radius 3 is 2.55 bits per heavy atom. The predicted molar refractivity (Wildman–Crippen MR) is 114 cm³/mol. The van der Waals surface area contributed by atoms with E-state index in [0.29, 0.717) is 17.5 Å². The van der Waals surface area contributed by atoms with Crippen molar-refractivity contribution in [2.24, 2.45) is 19.2 Å². The zero-order chi connectivity index (χ0) is 21.1. The number of halogens is 1. The summed E-state index contributed by atoms with van der Waals surface area (Å²) in [6, 6.07) is 7.35. The van der Waals surface area contributed by atoms with E-state index in [9.17, 15) is 9.59 Å². The van der Waals surface area contributed by atoms with Crippen LogP contribution in [0.1, 0.15) is 12.5 Å². The maximum Gasteiger partial charge on any atom is 0.332 e. The van der Waals surface area contributed by atoms with E-state index in [1.807, 2.05) is 24.3 Å². The fourth-order valence-corrected chi connectivity index (χ4v) is 2.85. The van der Waals surface area contributed by atoms with Crippen LogP contribution in [0.4, 0.5) is 5.95 Å². The number of nitrogens with one attached hydrogen (secondary N) is 1. The zero-order valence-corrected chi connectivity index (χ0v) is 17.3. The summed E-state index contributed by atoms with van der Waals surface area (Å²) in [5, 5.41) is 4.78. The summed E-state index contributed by atoms with van der Waals surface area (Å²) in [6.07, 6.45) is 3.36. The third-order valence-electron chi connectivity index (χ3n) is 4.40. The van der Waals surface area contributed by atoms with E-state index in [1.54, 1.807) is 37.9 Å². The fourth-order valence-electron chi connectivity index (χ4n) is 2.78. The van der Waals surface area contributed by atoms with Crippen LogP contribution in [-0.4, -0.2) is 32.0 Å². The number of fused-ring (bicyclic) bond motifs is 1. The van der Waals surface area contributed by atoms with Crippen LogP contribution in [0, 0.1) is 0 Å². The Morgan fingerprint density at radius 1 is 1.24 bits per heavy atom. The van der Waals surface area contributed by atoms with Gasteiger partial charge in [0.05, 0.1) is 13.3 Å². The van der Waals surface area contributed by atoms with Gasteiger partial charge in [-0.1, -0.05) is 17.7 Å². The van der Waals surface area contributed by atoms with Crippen molar-refractivity contribution < 1.29 is 4.74 Å². The molecule has 0 aliphatic rings. The van der Waals surface area contributed by atoms with E-state index >= 15 is 0 Å². The Morgan fingerprint density at radius 2 is 1.93 bits per heavy atom. The topological polar surface area (TPSA) is 95.4 Å². The monoisotopic (exact) mass is 416 g/mol. The summed E-state index contributed by atoms with van der Waals surface area (Å²) < 4.78 is 9.13. The third kappa shape index (κ3) is 4.09. The summed E-state index contributed by atoms with van der Waals surface area (Å²) in [5.74, 6) is 1.06. The first-order valence-electron chi connectivity index (χ1n) is 8.75. The minimum absolute atomic E-state index is 0.265. The Balaban J connectivity index is 2.04. The molecule has 0 atom stereocenters. The molecule has 0 aliphatic carbocycles. The van der Waals surface area contributed by atoms with Gasteiger partial charge in [-0.15, -0.1) is 0 Å². The lowest BCUT2D eigenvalue weighted by atomic mass is 10.2. The largest absolute Gasteiger partial charge is 0.497 e. The molecule has 0 bridgehead atoms. The lowest BCUT2D eigenvalue weighted by molar-refractivity contribution is 0.415. The van der Waals surface area contributed by atoms with Gasteiger partial charge in [-0.2, -0.15) is 10.1 Å². The van der Waals surface area contributed by atoms with Gasteiger partial charge < -0.3 is 4.74 Å². The second kappa shape index (κ2) is 8.36. The Kier molecular flexibility index (Phi) is 5.88. The molecule has 152 valence electrons. The van der Waals surface area contributed by atoms with Gasteiger partial charge in [0.25, 0.3) is 5.56 Å². The van der Waals surface area contributed by atoms with Gasteiger partial charge in [0.1, 0.15) is 5.75 Å². The molecule has 1 N–H and O–H groups in total. The van der Waals surface area contributed by atoms with E-state index in [0.717, 1.165) is 15.9 Å². The zero-order valence-electron chi connectivity index (χ0n) is 16.5. The summed E-state index contributed by atoms with van der Waals surface area (Å²) >= 11 is 5.96. The average molecular weight is 417 g/mol. The van der Waals surface area contributed by atoms with Crippen LogP contribution in [0.3, 0.4) is 0 Å². The summed E-state index contributed by atoms with van der Waals surface area (Å²) in [5.41, 5.74) is 3.35. The van der Waals surface area contributed by atoms with Crippen LogP contribution >= 0.6 is 11.6 Å². The fraction of sp³-hybridized carbons (Fsp3) is 0.263. The first kappa shape index (κ1) is 20.4. The average Bonchev–Trinajstić information content (AvgIpc) is 3.08. The molecule has 3 rings (SSSR count). The van der Waals surface area contributed by atoms with E-state index in [2.05, 4.69) is 15.5 Å². The van der Waals surface area contributed by atoms with Crippen LogP contribution in [0.25, 0.3) is 11.2 Å². The molecule has 0 spiro atoms. The van der Waals surface area contributed by atoms with Crippen molar-refractivity contribution >= 4 is 34.9 Å². The minimum Gasteiger partial charge on any atom is -0.497 e. The molecule has 2 aromatic heterocycles. The van der Waals surface area contributed by atoms with Gasteiger partial charge in [0.2, 0.25) is 5.95 Å². The number of allylic oxidation sites excluding steroid dienone is 2. The number of rotatable bonds is 6. The maximum atomic E-state index is 12.7. The summed E-state index contributed by atoms with van der Waals surface area (Å²) in [7, 11) is 4.59. The molecule has 29 heavy (non-hydrogen) atoms. The van der Waals surface area contributed by atoms with Crippen molar-refractivity contribution in [1.29, 1.82) is 0 Å². The molecular formula is C19H21ClN6O3. The highest BCUT2D eigenvalue weighted by Gasteiger charge is 2.18. The number of aromatic nitrogens is 4. The molecule has 10 heteroatoms. The molecule has 0 saturated heterocycles. The second-order valence-corrected chi connectivity index (χ2v) is 6.95. The van der Waals surface area contributed by atoms with Crippen molar-refractivity contribution in [2.75, 3.05) is 12.5 Å². The molecule has 1 aromatic carbocycles. The molecule has 0 unspecified atom stereocenters. The maximum absolute atomic E-state index is 12.7. The van der Waals surface area contributed by atoms with E-state index < -0.39 is 11.2 Å². The van der Waals surface area contributed by atoms with Crippen molar-refractivity contribution in [2.45, 2.75) is 13.5 Å². The molecule has 3 aromatic rings. The van der Waals surface area contributed by atoms with E-state index in [-0.39, 0.29) is 11.2 Å². The normalized spacial score (nSPS) is 12.1. The van der Waals surface area contributed by atoms with Crippen LogP contribution in [-0.2, 0) is 20.6 Å². The number of nitrogens with zero attached hydrogens (tertiary/aromatic N) is 5. The molecule has 0 amide bonds. The van der Waals surface area contributed by atoms with Gasteiger partial charge in [0, 0.05) is 25.7 Å². The highest BCUT2D eigenvalue weighted by atomic mass is 35.5. The number of hydrogen-bond donors (Lipinski definition) is 1. The van der Waals surface area contributed by atoms with Crippen molar-refractivity contribution in [3.05, 3.63) is 61.8 Å². The lowest BCUT2D eigenvalue weighted by Crippen LogP contribution is -2.37. The van der Waals surface area contributed by atoms with E-state index in [4.69, 9.17) is 16.3 Å². The first-order valence-corrected chi connectivity index (χ1v) is 9.13. The van der Waals surface area contributed by atoms with Gasteiger partial charge >= 0.3 is 5.69 Å². The van der Waals surface area contributed by atoms with Crippen LogP contribution < -0.4 is 21.4 Å². The molecule has 9 nitrogen and oxygen atoms in total. The van der Waals surface area contributed by atoms with Crippen molar-refractivity contribution in [1.82, 2.24) is 18.7 Å². The molecule has 0 fully saturated rings. The smallest absolute Gasteiger partial charge is 0.332 e. The molecule has 0 radical (unpaired) electrons. The number of imidazole rings is 1. The van der Waals surface area contributed by atoms with Gasteiger partial charge in [-0.3, -0.25) is 18.5 Å². The van der Waals surface area contributed by atoms with Gasteiger partial charge in [-0.05, 0) is 36.8 Å². The molecular weight excluding hydrogens is 396 g/mol. The first-order chi connectivity index (χ1) is 13.8. The highest BCUT2D eigenvalue weighted by molar-refractivity contribution is 6.29. The van der Waals surface area contributed by atoms with Crippen molar-refractivity contribution in [3.63, 3.8) is 0 Å². The quantitative estimate of drug-likeness (QED) is 0.490. The van der Waals surface area contributed by atoms with E-state index in [1.165, 1.54) is 11.6 Å². The number of methoxy groups -OCH3 is 1. The molecule has 0 aliphatic heterocycles. The SMILES string of the molecule is COc1ccc(/C=N\Nc2nc3c(c(=O)n(C)c(=O)n3C)n2C/C=C(\C)Cl)cc1. The van der Waals surface area contributed by atoms with Crippen LogP contribution in [0.15, 0.2) is 50.1 Å². The number of benzene rings is 1. The lowest BCUT2D eigenvalue weighted by Gasteiger charge is -2.07. The Labute approximate surface area is 171 Å².